The SMILES string of the molecule is Oc1ccc([C@@H]2c3c(O)cc(O)cc3[C@@H]3c4c(cc(O)cc4[C@H]2[C@@H]2c4cc(O)cc5c4[C@@H](c4cc(O)cc(O)c4[C@@H]2c2ccc(O)cc2)[C@@H](c2ccc(O)cc2)O5)O[C@@H]3c2ccc(O)cc2)cc1. The zero-order valence-electron chi connectivity index (χ0n) is 35.8. The van der Waals surface area contributed by atoms with E-state index in [0.29, 0.717) is 78.3 Å². The summed E-state index contributed by atoms with van der Waals surface area (Å²) in [5.74, 6) is -5.69. The molecule has 0 aromatic heterocycles. The monoisotopic (exact) mass is 906 g/mol. The van der Waals surface area contributed by atoms with Gasteiger partial charge in [-0.25, -0.2) is 0 Å². The van der Waals surface area contributed by atoms with Crippen LogP contribution in [0.4, 0.5) is 0 Å². The van der Waals surface area contributed by atoms with Gasteiger partial charge in [0.1, 0.15) is 81.2 Å². The van der Waals surface area contributed by atoms with Gasteiger partial charge in [0, 0.05) is 70.2 Å². The molecule has 8 atom stereocenters. The Kier molecular flexibility index (Phi) is 8.97. The Morgan fingerprint density at radius 3 is 0.897 bits per heavy atom. The molecule has 12 heteroatoms. The molecule has 0 bridgehead atoms. The van der Waals surface area contributed by atoms with Crippen molar-refractivity contribution in [3.8, 4) is 69.0 Å². The summed E-state index contributed by atoms with van der Waals surface area (Å²) in [6.07, 6.45) is -1.62. The summed E-state index contributed by atoms with van der Waals surface area (Å²) >= 11 is 0. The van der Waals surface area contributed by atoms with Crippen molar-refractivity contribution in [3.63, 3.8) is 0 Å². The second-order valence-electron chi connectivity index (χ2n) is 18.2. The van der Waals surface area contributed by atoms with Crippen LogP contribution in [0.2, 0.25) is 0 Å². The van der Waals surface area contributed by atoms with Crippen molar-refractivity contribution >= 4 is 0 Å². The zero-order valence-corrected chi connectivity index (χ0v) is 35.8. The zero-order chi connectivity index (χ0) is 46.9. The number of benzene rings is 8. The number of phenolic OH excluding ortho intramolecular Hbond substituents is 10. The minimum Gasteiger partial charge on any atom is -0.508 e. The lowest BCUT2D eigenvalue weighted by Crippen LogP contribution is -2.26. The van der Waals surface area contributed by atoms with E-state index < -0.39 is 47.7 Å². The predicted octanol–water partition coefficient (Wildman–Crippen LogP) is 10.4. The van der Waals surface area contributed by atoms with Gasteiger partial charge >= 0.3 is 0 Å². The van der Waals surface area contributed by atoms with Crippen LogP contribution in [0.1, 0.15) is 114 Å². The topological polar surface area (TPSA) is 221 Å². The molecule has 12 nitrogen and oxygen atoms in total. The summed E-state index contributed by atoms with van der Waals surface area (Å²) in [5, 5.41) is 114. The Morgan fingerprint density at radius 2 is 0.559 bits per heavy atom. The van der Waals surface area contributed by atoms with Crippen LogP contribution in [0.15, 0.2) is 146 Å². The van der Waals surface area contributed by atoms with E-state index in [4.69, 9.17) is 9.47 Å². The summed E-state index contributed by atoms with van der Waals surface area (Å²) in [6.45, 7) is 0. The first kappa shape index (κ1) is 40.8. The molecule has 0 saturated heterocycles. The molecule has 2 aliphatic carbocycles. The van der Waals surface area contributed by atoms with E-state index in [1.54, 1.807) is 121 Å². The van der Waals surface area contributed by atoms with Crippen LogP contribution in [0.3, 0.4) is 0 Å². The highest BCUT2D eigenvalue weighted by molar-refractivity contribution is 5.71. The third-order valence-corrected chi connectivity index (χ3v) is 14.5. The molecule has 0 saturated carbocycles. The Labute approximate surface area is 388 Å². The predicted molar refractivity (Wildman–Crippen MR) is 248 cm³/mol. The lowest BCUT2D eigenvalue weighted by molar-refractivity contribution is 0.221. The highest BCUT2D eigenvalue weighted by Gasteiger charge is 2.55. The lowest BCUT2D eigenvalue weighted by Gasteiger charge is -2.40. The van der Waals surface area contributed by atoms with Crippen LogP contribution < -0.4 is 9.47 Å². The Balaban J connectivity index is 1.25. The van der Waals surface area contributed by atoms with E-state index in [-0.39, 0.29) is 57.5 Å². The van der Waals surface area contributed by atoms with Gasteiger partial charge in [-0.3, -0.25) is 0 Å². The molecule has 2 aliphatic heterocycles. The van der Waals surface area contributed by atoms with E-state index in [1.807, 2.05) is 0 Å². The molecule has 0 fully saturated rings. The fourth-order valence-electron chi connectivity index (χ4n) is 12.0. The van der Waals surface area contributed by atoms with Crippen LogP contribution in [0.5, 0.6) is 69.0 Å². The molecule has 0 amide bonds. The maximum Gasteiger partial charge on any atom is 0.135 e. The van der Waals surface area contributed by atoms with Gasteiger partial charge in [-0.1, -0.05) is 48.5 Å². The van der Waals surface area contributed by atoms with E-state index in [9.17, 15) is 51.1 Å². The van der Waals surface area contributed by atoms with E-state index in [2.05, 4.69) is 0 Å². The normalized spacial score (nSPS) is 22.6. The molecule has 8 aromatic rings. The molecule has 8 aromatic carbocycles. The van der Waals surface area contributed by atoms with Crippen molar-refractivity contribution in [2.24, 2.45) is 0 Å². The van der Waals surface area contributed by atoms with Gasteiger partial charge in [-0.05, 0) is 117 Å². The number of hydrogen-bond donors (Lipinski definition) is 10. The summed E-state index contributed by atoms with van der Waals surface area (Å²) in [5.41, 5.74) is 6.75. The van der Waals surface area contributed by atoms with Crippen LogP contribution in [0, 0.1) is 0 Å². The minimum atomic E-state index is -0.918. The quantitative estimate of drug-likeness (QED) is 0.0780. The van der Waals surface area contributed by atoms with Gasteiger partial charge in [-0.15, -0.1) is 0 Å². The molecule has 10 N–H and O–H groups in total. The molecule has 0 spiro atoms. The standard InChI is InChI=1S/C56H42O12/c57-29-9-1-25(2-10-29)45-47-37(17-33(61)21-41(47)65)53-49-39(19-35(63)23-43(49)67-55(53)27-5-13-31(59)14-6-27)51(45)52-40-20-36(64)24-44-50(40)54(56(68-44)28-7-15-32(60)16-8-28)38-18-34(62)22-42(66)48(38)46(52)26-3-11-30(58)12-4-26/h1-24,45-46,51-66H/t45-,46+,51-,52-,53-,54-,55-,56-/m1/s1. The van der Waals surface area contributed by atoms with Gasteiger partial charge in [0.25, 0.3) is 0 Å². The molecule has 2 heterocycles. The Bertz CT molecular complexity index is 3110. The Hall–Kier alpha value is -8.64. The van der Waals surface area contributed by atoms with Crippen LogP contribution >= 0.6 is 0 Å². The van der Waals surface area contributed by atoms with Gasteiger partial charge in [0.15, 0.2) is 0 Å². The fraction of sp³-hybridized carbons (Fsp3) is 0.143. The number of rotatable bonds is 5. The first-order valence-electron chi connectivity index (χ1n) is 22.2. The molecule has 0 unspecified atom stereocenters. The van der Waals surface area contributed by atoms with Crippen molar-refractivity contribution in [2.45, 2.75) is 47.7 Å². The van der Waals surface area contributed by atoms with E-state index >= 15 is 0 Å². The van der Waals surface area contributed by atoms with E-state index in [1.165, 1.54) is 24.3 Å². The van der Waals surface area contributed by atoms with Crippen molar-refractivity contribution in [3.05, 3.63) is 212 Å². The number of phenols is 10. The van der Waals surface area contributed by atoms with Crippen molar-refractivity contribution < 1.29 is 60.5 Å². The van der Waals surface area contributed by atoms with Crippen molar-refractivity contribution in [1.29, 1.82) is 0 Å². The molecule has 68 heavy (non-hydrogen) atoms. The van der Waals surface area contributed by atoms with Gasteiger partial charge in [-0.2, -0.15) is 0 Å². The second kappa shape index (κ2) is 14.9. The third kappa shape index (κ3) is 6.20. The number of hydrogen-bond acceptors (Lipinski definition) is 12. The lowest BCUT2D eigenvalue weighted by atomic mass is 9.62. The first-order valence-corrected chi connectivity index (χ1v) is 22.2. The summed E-state index contributed by atoms with van der Waals surface area (Å²) in [6, 6.07) is 38.4. The summed E-state index contributed by atoms with van der Waals surface area (Å²) < 4.78 is 13.7. The fourth-order valence-corrected chi connectivity index (χ4v) is 12.0. The second-order valence-corrected chi connectivity index (χ2v) is 18.2. The van der Waals surface area contributed by atoms with Crippen molar-refractivity contribution in [2.75, 3.05) is 0 Å². The highest BCUT2D eigenvalue weighted by atomic mass is 16.5. The average molecular weight is 907 g/mol. The Morgan fingerprint density at radius 1 is 0.265 bits per heavy atom. The maximum atomic E-state index is 12.5. The number of aromatic hydroxyl groups is 10. The summed E-state index contributed by atoms with van der Waals surface area (Å²) in [7, 11) is 0. The number of ether oxygens (including phenoxy) is 2. The minimum absolute atomic E-state index is 0.0182. The molecule has 12 rings (SSSR count). The highest BCUT2D eigenvalue weighted by Crippen LogP contribution is 2.69. The average Bonchev–Trinajstić information content (AvgIpc) is 3.81. The van der Waals surface area contributed by atoms with Gasteiger partial charge in [0.2, 0.25) is 0 Å². The molecule has 0 radical (unpaired) electrons. The van der Waals surface area contributed by atoms with Crippen LogP contribution in [0.25, 0.3) is 0 Å². The van der Waals surface area contributed by atoms with Gasteiger partial charge in [0.05, 0.1) is 11.8 Å². The number of fused-ring (bicyclic) bond motifs is 4. The van der Waals surface area contributed by atoms with Crippen LogP contribution in [-0.4, -0.2) is 51.1 Å². The molecule has 4 aliphatic rings. The maximum absolute atomic E-state index is 12.5. The molecular formula is C56H42O12. The third-order valence-electron chi connectivity index (χ3n) is 14.5. The smallest absolute Gasteiger partial charge is 0.135 e. The van der Waals surface area contributed by atoms with Gasteiger partial charge < -0.3 is 60.5 Å². The summed E-state index contributed by atoms with van der Waals surface area (Å²) in [4.78, 5) is 0. The molecular weight excluding hydrogens is 865 g/mol. The molecule has 338 valence electrons. The van der Waals surface area contributed by atoms with Crippen molar-refractivity contribution in [1.82, 2.24) is 0 Å². The largest absolute Gasteiger partial charge is 0.508 e. The van der Waals surface area contributed by atoms with Crippen LogP contribution in [-0.2, 0) is 0 Å². The van der Waals surface area contributed by atoms with E-state index in [0.717, 1.165) is 0 Å². The first-order chi connectivity index (χ1) is 32.8.